The van der Waals surface area contributed by atoms with E-state index in [1.54, 1.807) is 28.8 Å². The number of aromatic carboxylic acids is 1. The zero-order chi connectivity index (χ0) is 27.6. The standard InChI is InChI=1S/C34H27N3O3/c1-22(24-13-15-27(16-14-24)34(39)40)36-33(38)31-19-30(25-7-3-2-4-8-25)21-37-32(31)29(20-35-37)18-23-11-12-26-9-5-6-10-28(26)17-23/h2-17,19-22H,18H2,1H3,(H,36,38)(H,39,40)/t22-/m0/s1. The highest BCUT2D eigenvalue weighted by Crippen LogP contribution is 2.28. The van der Waals surface area contributed by atoms with Gasteiger partial charge in [-0.1, -0.05) is 84.9 Å². The average Bonchev–Trinajstić information content (AvgIpc) is 3.39. The SMILES string of the molecule is C[C@H](NC(=O)c1cc(-c2ccccc2)cn2ncc(Cc3ccc4ccccc4c3)c12)c1ccc(C(=O)O)cc1. The molecule has 6 heteroatoms. The van der Waals surface area contributed by atoms with Crippen molar-refractivity contribution in [1.82, 2.24) is 14.9 Å². The molecule has 1 amide bonds. The van der Waals surface area contributed by atoms with Gasteiger partial charge in [-0.25, -0.2) is 9.31 Å². The number of nitrogens with one attached hydrogen (secondary N) is 1. The molecule has 0 bridgehead atoms. The fraction of sp³-hybridized carbons (Fsp3) is 0.0882. The number of fused-ring (bicyclic) bond motifs is 2. The van der Waals surface area contributed by atoms with Gasteiger partial charge in [-0.3, -0.25) is 4.79 Å². The molecule has 0 aliphatic carbocycles. The van der Waals surface area contributed by atoms with E-state index in [9.17, 15) is 14.7 Å². The summed E-state index contributed by atoms with van der Waals surface area (Å²) >= 11 is 0. The van der Waals surface area contributed by atoms with Crippen molar-refractivity contribution < 1.29 is 14.7 Å². The molecule has 0 saturated carbocycles. The number of nitrogens with zero attached hydrogens (tertiary/aromatic N) is 2. The van der Waals surface area contributed by atoms with Crippen LogP contribution in [-0.4, -0.2) is 26.6 Å². The Labute approximate surface area is 231 Å². The van der Waals surface area contributed by atoms with Crippen LogP contribution in [0.15, 0.2) is 116 Å². The van der Waals surface area contributed by atoms with Crippen LogP contribution in [0.1, 0.15) is 50.4 Å². The molecule has 40 heavy (non-hydrogen) atoms. The summed E-state index contributed by atoms with van der Waals surface area (Å²) in [7, 11) is 0. The molecule has 1 atom stereocenters. The zero-order valence-corrected chi connectivity index (χ0v) is 21.9. The Balaban J connectivity index is 1.39. The van der Waals surface area contributed by atoms with Gasteiger partial charge in [-0.2, -0.15) is 5.10 Å². The van der Waals surface area contributed by atoms with Gasteiger partial charge >= 0.3 is 5.97 Å². The van der Waals surface area contributed by atoms with Crippen LogP contribution >= 0.6 is 0 Å². The monoisotopic (exact) mass is 525 g/mol. The van der Waals surface area contributed by atoms with Crippen molar-refractivity contribution in [3.63, 3.8) is 0 Å². The number of carboxylic acids is 1. The minimum Gasteiger partial charge on any atom is -0.478 e. The normalized spacial score (nSPS) is 11.9. The number of carboxylic acid groups (broad SMARTS) is 1. The van der Waals surface area contributed by atoms with Crippen molar-refractivity contribution in [3.05, 3.63) is 143 Å². The first-order valence-electron chi connectivity index (χ1n) is 13.1. The molecule has 196 valence electrons. The molecule has 0 saturated heterocycles. The van der Waals surface area contributed by atoms with Crippen molar-refractivity contribution in [1.29, 1.82) is 0 Å². The third-order valence-corrected chi connectivity index (χ3v) is 7.25. The van der Waals surface area contributed by atoms with E-state index in [0.29, 0.717) is 12.0 Å². The van der Waals surface area contributed by atoms with Gasteiger partial charge < -0.3 is 10.4 Å². The van der Waals surface area contributed by atoms with Gasteiger partial charge in [0.1, 0.15) is 0 Å². The highest BCUT2D eigenvalue weighted by atomic mass is 16.4. The number of aromatic nitrogens is 2. The third-order valence-electron chi connectivity index (χ3n) is 7.25. The Hall–Kier alpha value is -5.23. The van der Waals surface area contributed by atoms with E-state index in [1.807, 2.05) is 67.8 Å². The van der Waals surface area contributed by atoms with E-state index >= 15 is 0 Å². The van der Waals surface area contributed by atoms with Gasteiger partial charge in [0, 0.05) is 23.7 Å². The predicted molar refractivity (Wildman–Crippen MR) is 157 cm³/mol. The highest BCUT2D eigenvalue weighted by molar-refractivity contribution is 6.03. The van der Waals surface area contributed by atoms with Crippen LogP contribution in [0.4, 0.5) is 0 Å². The largest absolute Gasteiger partial charge is 0.478 e. The number of benzene rings is 4. The molecule has 6 aromatic rings. The molecule has 4 aromatic carbocycles. The summed E-state index contributed by atoms with van der Waals surface area (Å²) in [6, 6.07) is 32.7. The van der Waals surface area contributed by atoms with Crippen LogP contribution in [0.3, 0.4) is 0 Å². The average molecular weight is 526 g/mol. The summed E-state index contributed by atoms with van der Waals surface area (Å²) in [5.41, 5.74) is 6.29. The number of carbonyl (C=O) groups is 2. The Bertz CT molecular complexity index is 1860. The summed E-state index contributed by atoms with van der Waals surface area (Å²) in [6.45, 7) is 1.89. The minimum atomic E-state index is -0.983. The van der Waals surface area contributed by atoms with Gasteiger partial charge in [0.05, 0.1) is 28.9 Å². The van der Waals surface area contributed by atoms with E-state index in [4.69, 9.17) is 0 Å². The lowest BCUT2D eigenvalue weighted by Gasteiger charge is -2.16. The molecule has 6 rings (SSSR count). The van der Waals surface area contributed by atoms with Gasteiger partial charge in [0.2, 0.25) is 0 Å². The van der Waals surface area contributed by atoms with Crippen molar-refractivity contribution in [2.75, 3.05) is 0 Å². The second kappa shape index (κ2) is 10.5. The first kappa shape index (κ1) is 25.1. The topological polar surface area (TPSA) is 83.7 Å². The molecule has 0 spiro atoms. The molecule has 0 aliphatic rings. The number of amides is 1. The number of pyridine rings is 1. The Morgan fingerprint density at radius 3 is 2.33 bits per heavy atom. The van der Waals surface area contributed by atoms with Crippen LogP contribution in [0.5, 0.6) is 0 Å². The molecule has 0 fully saturated rings. The van der Waals surface area contributed by atoms with Crippen LogP contribution in [0, 0.1) is 0 Å². The Kier molecular flexibility index (Phi) is 6.58. The fourth-order valence-electron chi connectivity index (χ4n) is 5.12. The predicted octanol–water partition coefficient (Wildman–Crippen LogP) is 6.93. The van der Waals surface area contributed by atoms with Crippen LogP contribution in [-0.2, 0) is 6.42 Å². The fourth-order valence-corrected chi connectivity index (χ4v) is 5.12. The molecule has 2 N–H and O–H groups in total. The minimum absolute atomic E-state index is 0.206. The molecule has 0 radical (unpaired) electrons. The van der Waals surface area contributed by atoms with E-state index in [0.717, 1.165) is 33.3 Å². The second-order valence-electron chi connectivity index (χ2n) is 9.95. The number of carbonyl (C=O) groups excluding carboxylic acids is 1. The summed E-state index contributed by atoms with van der Waals surface area (Å²) < 4.78 is 1.79. The summed E-state index contributed by atoms with van der Waals surface area (Å²) in [5, 5.41) is 19.3. The van der Waals surface area contributed by atoms with E-state index in [1.165, 1.54) is 10.8 Å². The van der Waals surface area contributed by atoms with Gasteiger partial charge in [0.15, 0.2) is 0 Å². The van der Waals surface area contributed by atoms with Crippen molar-refractivity contribution in [3.8, 4) is 11.1 Å². The Morgan fingerprint density at radius 2 is 1.57 bits per heavy atom. The summed E-state index contributed by atoms with van der Waals surface area (Å²) in [5.74, 6) is -1.21. The first-order valence-corrected chi connectivity index (χ1v) is 13.1. The van der Waals surface area contributed by atoms with E-state index in [-0.39, 0.29) is 17.5 Å². The smallest absolute Gasteiger partial charge is 0.335 e. The lowest BCUT2D eigenvalue weighted by Crippen LogP contribution is -2.27. The van der Waals surface area contributed by atoms with Crippen molar-refractivity contribution >= 4 is 28.2 Å². The lowest BCUT2D eigenvalue weighted by atomic mass is 9.99. The maximum atomic E-state index is 13.8. The maximum Gasteiger partial charge on any atom is 0.335 e. The van der Waals surface area contributed by atoms with Gasteiger partial charge in [-0.05, 0) is 52.6 Å². The number of hydrogen-bond acceptors (Lipinski definition) is 3. The van der Waals surface area contributed by atoms with Gasteiger partial charge in [-0.15, -0.1) is 0 Å². The quantitative estimate of drug-likeness (QED) is 0.237. The molecular formula is C34H27N3O3. The van der Waals surface area contributed by atoms with Crippen LogP contribution in [0.2, 0.25) is 0 Å². The van der Waals surface area contributed by atoms with Crippen molar-refractivity contribution in [2.24, 2.45) is 0 Å². The number of hydrogen-bond donors (Lipinski definition) is 2. The third kappa shape index (κ3) is 4.95. The maximum absolute atomic E-state index is 13.8. The molecule has 2 heterocycles. The highest BCUT2D eigenvalue weighted by Gasteiger charge is 2.20. The zero-order valence-electron chi connectivity index (χ0n) is 21.9. The molecule has 2 aromatic heterocycles. The number of rotatable bonds is 7. The summed E-state index contributed by atoms with van der Waals surface area (Å²) in [4.78, 5) is 25.1. The summed E-state index contributed by atoms with van der Waals surface area (Å²) in [6.07, 6.45) is 4.43. The molecular weight excluding hydrogens is 498 g/mol. The molecule has 6 nitrogen and oxygen atoms in total. The Morgan fingerprint density at radius 1 is 0.850 bits per heavy atom. The van der Waals surface area contributed by atoms with Crippen LogP contribution in [0.25, 0.3) is 27.4 Å². The molecule has 0 unspecified atom stereocenters. The van der Waals surface area contributed by atoms with Crippen molar-refractivity contribution in [2.45, 2.75) is 19.4 Å². The molecule has 0 aliphatic heterocycles. The van der Waals surface area contributed by atoms with Gasteiger partial charge in [0.25, 0.3) is 5.91 Å². The van der Waals surface area contributed by atoms with E-state index in [2.05, 4.69) is 40.7 Å². The van der Waals surface area contributed by atoms with E-state index < -0.39 is 5.97 Å². The lowest BCUT2D eigenvalue weighted by molar-refractivity contribution is 0.0696. The van der Waals surface area contributed by atoms with Crippen LogP contribution < -0.4 is 5.32 Å². The second-order valence-corrected chi connectivity index (χ2v) is 9.95. The first-order chi connectivity index (χ1) is 19.5.